The first kappa shape index (κ1) is 13.6. The minimum Gasteiger partial charge on any atom is -0.398 e. The van der Waals surface area contributed by atoms with Crippen LogP contribution in [0.3, 0.4) is 0 Å². The lowest BCUT2D eigenvalue weighted by Crippen LogP contribution is -2.18. The highest BCUT2D eigenvalue weighted by Gasteiger charge is 2.25. The number of benzene rings is 1. The largest absolute Gasteiger partial charge is 0.398 e. The molecule has 1 aliphatic heterocycles. The summed E-state index contributed by atoms with van der Waals surface area (Å²) in [5, 5.41) is 6.01. The number of nitrogen functional groups attached to an aromatic ring is 1. The molecule has 2 N–H and O–H groups in total. The van der Waals surface area contributed by atoms with Crippen LogP contribution in [0.25, 0.3) is 22.2 Å². The number of nitrogens with zero attached hydrogens (tertiary/aromatic N) is 4. The minimum absolute atomic E-state index is 0.813. The molecule has 0 aliphatic carbocycles. The summed E-state index contributed by atoms with van der Waals surface area (Å²) >= 11 is 1.71. The monoisotopic (exact) mass is 311 g/mol. The van der Waals surface area contributed by atoms with E-state index in [1.807, 2.05) is 24.5 Å². The third-order valence-electron chi connectivity index (χ3n) is 3.91. The van der Waals surface area contributed by atoms with E-state index in [1.54, 1.807) is 11.8 Å². The van der Waals surface area contributed by atoms with Crippen molar-refractivity contribution in [2.24, 2.45) is 0 Å². The Hall–Kier alpha value is -2.05. The van der Waals surface area contributed by atoms with Crippen molar-refractivity contribution in [1.82, 2.24) is 19.7 Å². The van der Waals surface area contributed by atoms with E-state index in [-0.39, 0.29) is 0 Å². The van der Waals surface area contributed by atoms with Crippen molar-refractivity contribution in [3.05, 3.63) is 30.6 Å². The second-order valence-corrected chi connectivity index (χ2v) is 6.78. The predicted octanol–water partition coefficient (Wildman–Crippen LogP) is 2.71. The molecule has 0 saturated carbocycles. The normalized spacial score (nSPS) is 12.9. The number of hydrogen-bond donors (Lipinski definition) is 1. The standard InChI is InChI=1S/C16H17N5S/c1-20(2)7-8-21-12-4-3-11(17)16-14(12)15(19-21)10-9-18-6-5-13(10)22-16/h3-6,9H,7-8,17H2,1-2H3. The van der Waals surface area contributed by atoms with Gasteiger partial charge < -0.3 is 10.6 Å². The molecule has 3 aromatic rings. The number of pyridine rings is 1. The molecule has 2 aromatic heterocycles. The first-order valence-corrected chi connectivity index (χ1v) is 8.03. The Morgan fingerprint density at radius 1 is 1.27 bits per heavy atom. The van der Waals surface area contributed by atoms with Crippen LogP contribution in [-0.2, 0) is 6.54 Å². The Kier molecular flexibility index (Phi) is 3.09. The second kappa shape index (κ2) is 5.00. The SMILES string of the molecule is CN(C)CCn1nc2c3c(c(N)ccc31)Sc1ccncc1-2. The molecule has 0 radical (unpaired) electrons. The summed E-state index contributed by atoms with van der Waals surface area (Å²) in [4.78, 5) is 8.70. The van der Waals surface area contributed by atoms with Crippen LogP contribution >= 0.6 is 11.8 Å². The van der Waals surface area contributed by atoms with Crippen molar-refractivity contribution in [3.8, 4) is 11.3 Å². The van der Waals surface area contributed by atoms with E-state index in [4.69, 9.17) is 10.8 Å². The molecule has 0 unspecified atom stereocenters. The number of rotatable bonds is 3. The zero-order chi connectivity index (χ0) is 15.3. The number of likely N-dealkylation sites (N-methyl/N-ethyl adjacent to an activating group) is 1. The Morgan fingerprint density at radius 3 is 2.95 bits per heavy atom. The van der Waals surface area contributed by atoms with Gasteiger partial charge in [0.15, 0.2) is 0 Å². The van der Waals surface area contributed by atoms with Crippen molar-refractivity contribution < 1.29 is 0 Å². The van der Waals surface area contributed by atoms with E-state index in [9.17, 15) is 0 Å². The number of fused-ring (bicyclic) bond motifs is 2. The molecule has 5 nitrogen and oxygen atoms in total. The molecule has 0 saturated heterocycles. The molecule has 6 heteroatoms. The minimum atomic E-state index is 0.813. The van der Waals surface area contributed by atoms with Crippen LogP contribution in [0.4, 0.5) is 5.69 Å². The highest BCUT2D eigenvalue weighted by Crippen LogP contribution is 2.49. The lowest BCUT2D eigenvalue weighted by Gasteiger charge is -2.15. The van der Waals surface area contributed by atoms with Gasteiger partial charge in [0.2, 0.25) is 0 Å². The fraction of sp³-hybridized carbons (Fsp3) is 0.250. The first-order valence-electron chi connectivity index (χ1n) is 7.21. The van der Waals surface area contributed by atoms with Crippen LogP contribution in [-0.4, -0.2) is 40.3 Å². The fourth-order valence-corrected chi connectivity index (χ4v) is 3.88. The molecule has 1 aromatic carbocycles. The zero-order valence-corrected chi connectivity index (χ0v) is 13.4. The quantitative estimate of drug-likeness (QED) is 0.590. The van der Waals surface area contributed by atoms with Gasteiger partial charge in [-0.3, -0.25) is 9.67 Å². The Bertz CT molecular complexity index is 868. The van der Waals surface area contributed by atoms with Crippen molar-refractivity contribution >= 4 is 28.4 Å². The summed E-state index contributed by atoms with van der Waals surface area (Å²) in [6.45, 7) is 1.80. The van der Waals surface area contributed by atoms with E-state index in [2.05, 4.69) is 34.7 Å². The zero-order valence-electron chi connectivity index (χ0n) is 12.6. The van der Waals surface area contributed by atoms with Gasteiger partial charge in [-0.2, -0.15) is 5.10 Å². The molecule has 0 atom stereocenters. The maximum Gasteiger partial charge on any atom is 0.104 e. The fourth-order valence-electron chi connectivity index (χ4n) is 2.78. The third kappa shape index (κ3) is 1.99. The van der Waals surface area contributed by atoms with Crippen molar-refractivity contribution in [2.75, 3.05) is 26.4 Å². The molecule has 4 rings (SSSR count). The van der Waals surface area contributed by atoms with Crippen LogP contribution in [0, 0.1) is 0 Å². The summed E-state index contributed by atoms with van der Waals surface area (Å²) in [7, 11) is 4.15. The van der Waals surface area contributed by atoms with Crippen LogP contribution < -0.4 is 5.73 Å². The summed E-state index contributed by atoms with van der Waals surface area (Å²) < 4.78 is 2.08. The molecule has 3 heterocycles. The average Bonchev–Trinajstić information content (AvgIpc) is 2.88. The smallest absolute Gasteiger partial charge is 0.104 e. The summed E-state index contributed by atoms with van der Waals surface area (Å²) in [6, 6.07) is 6.08. The van der Waals surface area contributed by atoms with Gasteiger partial charge in [0.1, 0.15) is 5.69 Å². The number of nitrogens with two attached hydrogens (primary N) is 1. The number of hydrogen-bond acceptors (Lipinski definition) is 5. The molecule has 0 fully saturated rings. The van der Waals surface area contributed by atoms with Crippen molar-refractivity contribution in [3.63, 3.8) is 0 Å². The van der Waals surface area contributed by atoms with E-state index in [0.29, 0.717) is 0 Å². The van der Waals surface area contributed by atoms with E-state index in [0.717, 1.165) is 45.8 Å². The topological polar surface area (TPSA) is 60.0 Å². The summed E-state index contributed by atoms with van der Waals surface area (Å²) in [5.41, 5.74) is 10.3. The molecular formula is C16H17N5S. The molecule has 112 valence electrons. The lowest BCUT2D eigenvalue weighted by atomic mass is 10.1. The first-order chi connectivity index (χ1) is 10.6. The molecular weight excluding hydrogens is 294 g/mol. The van der Waals surface area contributed by atoms with Crippen LogP contribution in [0.2, 0.25) is 0 Å². The average molecular weight is 311 g/mol. The van der Waals surface area contributed by atoms with Crippen LogP contribution in [0.5, 0.6) is 0 Å². The maximum atomic E-state index is 6.21. The van der Waals surface area contributed by atoms with Crippen LogP contribution in [0.1, 0.15) is 0 Å². The Balaban J connectivity index is 1.97. The van der Waals surface area contributed by atoms with Gasteiger partial charge in [-0.1, -0.05) is 11.8 Å². The van der Waals surface area contributed by atoms with Gasteiger partial charge in [-0.25, -0.2) is 0 Å². The van der Waals surface area contributed by atoms with E-state index < -0.39 is 0 Å². The lowest BCUT2D eigenvalue weighted by molar-refractivity contribution is 0.377. The third-order valence-corrected chi connectivity index (χ3v) is 5.13. The van der Waals surface area contributed by atoms with Gasteiger partial charge in [-0.15, -0.1) is 0 Å². The molecule has 0 bridgehead atoms. The highest BCUT2D eigenvalue weighted by atomic mass is 32.2. The summed E-state index contributed by atoms with van der Waals surface area (Å²) in [5.74, 6) is 0. The number of aromatic nitrogens is 3. The van der Waals surface area contributed by atoms with E-state index >= 15 is 0 Å². The molecule has 22 heavy (non-hydrogen) atoms. The van der Waals surface area contributed by atoms with Gasteiger partial charge >= 0.3 is 0 Å². The Morgan fingerprint density at radius 2 is 2.14 bits per heavy atom. The van der Waals surface area contributed by atoms with Crippen molar-refractivity contribution in [2.45, 2.75) is 16.3 Å². The van der Waals surface area contributed by atoms with Crippen molar-refractivity contribution in [1.29, 1.82) is 0 Å². The maximum absolute atomic E-state index is 6.21. The molecule has 0 amide bonds. The van der Waals surface area contributed by atoms with Crippen LogP contribution in [0.15, 0.2) is 40.4 Å². The molecule has 0 spiro atoms. The Labute approximate surface area is 133 Å². The number of anilines is 1. The highest BCUT2D eigenvalue weighted by molar-refractivity contribution is 8.00. The van der Waals surface area contributed by atoms with Gasteiger partial charge in [0.05, 0.1) is 12.1 Å². The van der Waals surface area contributed by atoms with Gasteiger partial charge in [0, 0.05) is 45.4 Å². The van der Waals surface area contributed by atoms with Gasteiger partial charge in [-0.05, 0) is 32.3 Å². The second-order valence-electron chi connectivity index (χ2n) is 5.73. The van der Waals surface area contributed by atoms with Gasteiger partial charge in [0.25, 0.3) is 0 Å². The predicted molar refractivity (Wildman–Crippen MR) is 90.1 cm³/mol. The van der Waals surface area contributed by atoms with E-state index in [1.165, 1.54) is 4.90 Å². The molecule has 1 aliphatic rings. The summed E-state index contributed by atoms with van der Waals surface area (Å²) in [6.07, 6.45) is 3.71.